The minimum atomic E-state index is -2.51. The first-order valence-corrected chi connectivity index (χ1v) is 30.4. The zero-order valence-corrected chi connectivity index (χ0v) is 51.3. The zero-order valence-electron chi connectivity index (χ0n) is 49.6. The lowest BCUT2D eigenvalue weighted by Gasteiger charge is -2.67. The predicted octanol–water partition coefficient (Wildman–Crippen LogP) is 6.36. The fraction of sp³-hybridized carbons (Fsp3) is 0.600. The van der Waals surface area contributed by atoms with Gasteiger partial charge in [0.2, 0.25) is 6.10 Å². The van der Waals surface area contributed by atoms with Gasteiger partial charge in [0.05, 0.1) is 29.6 Å². The van der Waals surface area contributed by atoms with Crippen molar-refractivity contribution >= 4 is 81.2 Å². The van der Waals surface area contributed by atoms with E-state index in [1.54, 1.807) is 69.3 Å². The van der Waals surface area contributed by atoms with E-state index in [9.17, 15) is 48.6 Å². The molecule has 25 heteroatoms. The number of amides is 1. The molecule has 23 nitrogen and oxygen atoms in total. The van der Waals surface area contributed by atoms with Gasteiger partial charge in [-0.25, -0.2) is 14.4 Å². The number of fused-ring (bicyclic) bond motifs is 5. The highest BCUT2D eigenvalue weighted by molar-refractivity contribution is 8.76. The molecule has 0 radical (unpaired) electrons. The Morgan fingerprint density at radius 1 is 0.765 bits per heavy atom. The Morgan fingerprint density at radius 3 is 1.85 bits per heavy atom. The average Bonchev–Trinajstić information content (AvgIpc) is 0.899. The third kappa shape index (κ3) is 15.9. The number of hydrogen-bond donors (Lipinski definition) is 3. The minimum Gasteiger partial charge on any atom is -0.462 e. The predicted molar refractivity (Wildman–Crippen MR) is 304 cm³/mol. The monoisotopic (exact) mass is 1230 g/mol. The van der Waals surface area contributed by atoms with E-state index >= 15 is 9.59 Å². The molecule has 85 heavy (non-hydrogen) atoms. The van der Waals surface area contributed by atoms with Crippen LogP contribution in [0.25, 0.3) is 0 Å². The van der Waals surface area contributed by atoms with Gasteiger partial charge in [0.25, 0.3) is 0 Å². The van der Waals surface area contributed by atoms with Crippen molar-refractivity contribution in [3.8, 4) is 0 Å². The van der Waals surface area contributed by atoms with Gasteiger partial charge in [0.1, 0.15) is 48.8 Å². The van der Waals surface area contributed by atoms with E-state index in [0.717, 1.165) is 13.8 Å². The quantitative estimate of drug-likeness (QED) is 0.0338. The van der Waals surface area contributed by atoms with E-state index in [1.807, 2.05) is 0 Å². The third-order valence-corrected chi connectivity index (χ3v) is 18.2. The molecular formula is C60H77NO22S2. The Kier molecular flexibility index (Phi) is 22.5. The van der Waals surface area contributed by atoms with Crippen molar-refractivity contribution in [2.75, 3.05) is 31.3 Å². The molecule has 3 fully saturated rings. The van der Waals surface area contributed by atoms with Crippen LogP contribution >= 0.6 is 21.6 Å². The van der Waals surface area contributed by atoms with Crippen LogP contribution in [0, 0.1) is 16.7 Å². The highest BCUT2D eigenvalue weighted by Crippen LogP contribution is 2.64. The van der Waals surface area contributed by atoms with Crippen LogP contribution in [0.3, 0.4) is 0 Å². The third-order valence-electron chi connectivity index (χ3n) is 15.6. The number of ketones is 1. The van der Waals surface area contributed by atoms with Crippen LogP contribution in [0.4, 0.5) is 4.79 Å². The summed E-state index contributed by atoms with van der Waals surface area (Å²) >= 11 is 0. The number of aliphatic hydroxyl groups is 2. The second-order valence-corrected chi connectivity index (χ2v) is 25.9. The summed E-state index contributed by atoms with van der Waals surface area (Å²) in [6.45, 7) is 14.4. The molecule has 0 aromatic heterocycles. The largest absolute Gasteiger partial charge is 0.462 e. The van der Waals surface area contributed by atoms with Crippen molar-refractivity contribution in [2.24, 2.45) is 16.7 Å². The summed E-state index contributed by atoms with van der Waals surface area (Å²) in [7, 11) is 2.81. The molecule has 1 heterocycles. The lowest BCUT2D eigenvalue weighted by atomic mass is 9.44. The second kappa shape index (κ2) is 28.3. The topological polar surface area (TPSA) is 315 Å². The van der Waals surface area contributed by atoms with Gasteiger partial charge in [-0.05, 0) is 76.3 Å². The number of hydrogen-bond acceptors (Lipinski definition) is 24. The number of Topliss-reactive ketones (excluding diaryl/α,β-unsaturated/α-hetero) is 1. The highest BCUT2D eigenvalue weighted by Gasteiger charge is 2.78. The summed E-state index contributed by atoms with van der Waals surface area (Å²) in [5.41, 5.74) is -8.99. The molecule has 2 bridgehead atoms. The second-order valence-electron chi connectivity index (χ2n) is 23.2. The fourth-order valence-corrected chi connectivity index (χ4v) is 13.7. The average molecular weight is 1230 g/mol. The lowest BCUT2D eigenvalue weighted by molar-refractivity contribution is -0.346. The van der Waals surface area contributed by atoms with E-state index in [4.69, 9.17) is 47.4 Å². The number of alkyl carbamates (subject to hydrolysis) is 1. The summed E-state index contributed by atoms with van der Waals surface area (Å²) in [6.07, 6.45) is -12.7. The molecule has 1 aliphatic heterocycles. The molecule has 2 saturated carbocycles. The first-order chi connectivity index (χ1) is 39.9. The van der Waals surface area contributed by atoms with E-state index < -0.39 is 148 Å². The minimum absolute atomic E-state index is 0.00632. The van der Waals surface area contributed by atoms with Gasteiger partial charge in [-0.15, -0.1) is 0 Å². The van der Waals surface area contributed by atoms with Crippen LogP contribution in [0.15, 0.2) is 71.8 Å². The van der Waals surface area contributed by atoms with Gasteiger partial charge < -0.3 is 62.9 Å². The van der Waals surface area contributed by atoms with Gasteiger partial charge in [-0.2, -0.15) is 0 Å². The van der Waals surface area contributed by atoms with Crippen LogP contribution in [-0.4, -0.2) is 161 Å². The first-order valence-electron chi connectivity index (χ1n) is 27.9. The Hall–Kier alpha value is -6.54. The molecule has 0 spiro atoms. The van der Waals surface area contributed by atoms with Crippen LogP contribution in [0.2, 0.25) is 0 Å². The van der Waals surface area contributed by atoms with E-state index in [1.165, 1.54) is 75.3 Å². The van der Waals surface area contributed by atoms with E-state index in [-0.39, 0.29) is 67.8 Å². The molecule has 1 saturated heterocycles. The van der Waals surface area contributed by atoms with Crippen molar-refractivity contribution in [1.82, 2.24) is 5.32 Å². The standard InChI is InChI=1S/C60H77NO22S2/c1-33-41(29-60(73)52(81-53(70)39-22-16-13-17-23-39)50-58(11,42(66)28-43-59(50,32-76-43)82-37(5)65)51(69)48(77-36(4)64)46(33)57(60,9)10)79-54(71)49(47(38-20-14-12-15-21-38)61-55(72)83-56(6,7)8)80-45(68)25-19-27-85-84-26-18-24-44(67)78-40(30-74-34(2)62)31-75-35(3)63/h12-17,20-23,40-43,47-50,52,66,73H,18-19,24-32H2,1-11H3,(H,61,72)/t41-,42-,43+,47-,48+,49+,50-,52-,58+,59-,60+/m0/s1. The molecule has 466 valence electrons. The number of rotatable bonds is 24. The molecule has 3 N–H and O–H groups in total. The van der Waals surface area contributed by atoms with Crippen LogP contribution in [-0.2, 0) is 85.7 Å². The van der Waals surface area contributed by atoms with Gasteiger partial charge in [-0.3, -0.25) is 33.6 Å². The molecule has 2 aromatic rings. The van der Waals surface area contributed by atoms with Gasteiger partial charge in [0, 0.05) is 70.3 Å². The van der Waals surface area contributed by atoms with Gasteiger partial charge in [0.15, 0.2) is 23.6 Å². The summed E-state index contributed by atoms with van der Waals surface area (Å²) < 4.78 is 57.7. The fourth-order valence-electron chi connectivity index (χ4n) is 11.6. The molecule has 2 aromatic carbocycles. The van der Waals surface area contributed by atoms with Crippen LogP contribution < -0.4 is 5.32 Å². The SMILES string of the molecule is CC(=O)OCC(COC(C)=O)OC(=O)CCCSSCCCC(=O)O[C@@H](C(=O)O[C@H]1C[C@@]2(O)[C@@H](OC(=O)c3ccccc3)[C@@H]3[C@]4(OC(C)=O)CO[C@@H]4C[C@H](O)[C@@]3(C)C(=O)[C@H](OC(C)=O)C(=C1C)C2(C)C)[C@@H](NC(=O)OC(C)(C)C)c1ccccc1. The number of esters is 8. The normalized spacial score (nSPS) is 26.4. The Bertz CT molecular complexity index is 2820. The van der Waals surface area contributed by atoms with Gasteiger partial charge >= 0.3 is 53.8 Å². The molecule has 1 amide bonds. The summed E-state index contributed by atoms with van der Waals surface area (Å²) in [4.78, 5) is 135. The Morgan fingerprint density at radius 2 is 1.33 bits per heavy atom. The zero-order chi connectivity index (χ0) is 62.8. The maximum atomic E-state index is 15.8. The molecule has 0 unspecified atom stereocenters. The number of benzene rings is 2. The number of ether oxygens (including phenoxy) is 10. The van der Waals surface area contributed by atoms with Crippen LogP contribution in [0.1, 0.15) is 137 Å². The Labute approximate surface area is 501 Å². The van der Waals surface area contributed by atoms with Crippen molar-refractivity contribution in [3.05, 3.63) is 82.9 Å². The lowest BCUT2D eigenvalue weighted by Crippen LogP contribution is -2.82. The summed E-state index contributed by atoms with van der Waals surface area (Å²) in [5.74, 6) is -8.36. The maximum absolute atomic E-state index is 15.8. The highest BCUT2D eigenvalue weighted by atomic mass is 33.1. The van der Waals surface area contributed by atoms with E-state index in [2.05, 4.69) is 5.32 Å². The Balaban J connectivity index is 1.34. The summed E-state index contributed by atoms with van der Waals surface area (Å²) in [6, 6.07) is 14.3. The van der Waals surface area contributed by atoms with Crippen molar-refractivity contribution in [1.29, 1.82) is 0 Å². The number of nitrogens with one attached hydrogen (secondary N) is 1. The molecule has 3 aliphatic carbocycles. The van der Waals surface area contributed by atoms with Crippen molar-refractivity contribution in [2.45, 2.75) is 180 Å². The molecule has 11 atom stereocenters. The first kappa shape index (κ1) is 67.6. The molecular weight excluding hydrogens is 1150 g/mol. The van der Waals surface area contributed by atoms with Crippen molar-refractivity contribution < 1.29 is 106 Å². The maximum Gasteiger partial charge on any atom is 0.408 e. The summed E-state index contributed by atoms with van der Waals surface area (Å²) in [5, 5.41) is 29.0. The number of carbonyl (C=O) groups is 10. The van der Waals surface area contributed by atoms with E-state index in [0.29, 0.717) is 17.9 Å². The molecule has 6 rings (SSSR count). The van der Waals surface area contributed by atoms with Crippen molar-refractivity contribution in [3.63, 3.8) is 0 Å². The van der Waals surface area contributed by atoms with Crippen LogP contribution in [0.5, 0.6) is 0 Å². The molecule has 4 aliphatic rings. The van der Waals surface area contributed by atoms with Gasteiger partial charge in [-0.1, -0.05) is 84.0 Å². The smallest absolute Gasteiger partial charge is 0.408 e. The number of carbonyl (C=O) groups excluding carboxylic acids is 10. The number of aliphatic hydroxyl groups excluding tert-OH is 1.